The van der Waals surface area contributed by atoms with E-state index >= 15 is 0 Å². The lowest BCUT2D eigenvalue weighted by Gasteiger charge is -2.04. The van der Waals surface area contributed by atoms with Crippen molar-refractivity contribution in [2.45, 2.75) is 77.0 Å². The molecule has 0 unspecified atom stereocenters. The summed E-state index contributed by atoms with van der Waals surface area (Å²) in [6.45, 7) is 0.315. The lowest BCUT2D eigenvalue weighted by Crippen LogP contribution is -1.89. The van der Waals surface area contributed by atoms with Crippen LogP contribution in [0.25, 0.3) is 0 Å². The van der Waals surface area contributed by atoms with E-state index in [4.69, 9.17) is 5.11 Å². The predicted molar refractivity (Wildman–Crippen MR) is 105 cm³/mol. The third-order valence-corrected chi connectivity index (χ3v) is 5.43. The van der Waals surface area contributed by atoms with Gasteiger partial charge >= 0.3 is 0 Å². The van der Waals surface area contributed by atoms with Gasteiger partial charge in [-0.25, -0.2) is 4.39 Å². The number of aliphatic hydroxyl groups excluding tert-OH is 1. The Morgan fingerprint density at radius 1 is 0.750 bits per heavy atom. The molecule has 3 heteroatoms. The van der Waals surface area contributed by atoms with Crippen molar-refractivity contribution in [1.82, 2.24) is 0 Å². The molecule has 0 saturated carbocycles. The van der Waals surface area contributed by atoms with Crippen molar-refractivity contribution >= 4 is 11.8 Å². The van der Waals surface area contributed by atoms with Crippen LogP contribution < -0.4 is 0 Å². The second-order valence-corrected chi connectivity index (χ2v) is 7.83. The van der Waals surface area contributed by atoms with E-state index in [0.29, 0.717) is 6.61 Å². The zero-order valence-electron chi connectivity index (χ0n) is 15.1. The van der Waals surface area contributed by atoms with Crippen LogP contribution in [-0.4, -0.2) is 23.2 Å². The van der Waals surface area contributed by atoms with Crippen molar-refractivity contribution in [3.63, 3.8) is 0 Å². The summed E-state index contributed by atoms with van der Waals surface area (Å²) < 4.78 is 13.1. The fourth-order valence-electron chi connectivity index (χ4n) is 2.98. The smallest absolute Gasteiger partial charge is 0.123 e. The van der Waals surface area contributed by atoms with E-state index < -0.39 is 0 Å². The second-order valence-electron chi connectivity index (χ2n) is 6.60. The van der Waals surface area contributed by atoms with Crippen LogP contribution in [-0.2, 0) is 6.42 Å². The van der Waals surface area contributed by atoms with Gasteiger partial charge < -0.3 is 5.11 Å². The van der Waals surface area contributed by atoms with Crippen molar-refractivity contribution in [2.24, 2.45) is 0 Å². The minimum absolute atomic E-state index is 0.114. The number of unbranched alkanes of at least 4 members (excludes halogenated alkanes) is 10. The second kappa shape index (κ2) is 16.0. The number of benzene rings is 1. The van der Waals surface area contributed by atoms with Gasteiger partial charge in [0.05, 0.1) is 6.61 Å². The molecule has 0 aliphatic rings. The lowest BCUT2D eigenvalue weighted by atomic mass is 10.0. The van der Waals surface area contributed by atoms with Crippen LogP contribution in [0, 0.1) is 5.82 Å². The van der Waals surface area contributed by atoms with Crippen LogP contribution in [0.2, 0.25) is 0 Å². The number of aryl methyl sites for hydroxylation is 1. The first-order valence-electron chi connectivity index (χ1n) is 9.76. The van der Waals surface area contributed by atoms with Gasteiger partial charge in [-0.1, -0.05) is 69.9 Å². The molecule has 0 saturated heterocycles. The summed E-state index contributed by atoms with van der Waals surface area (Å²) in [5.41, 5.74) is 1.13. The highest BCUT2D eigenvalue weighted by Crippen LogP contribution is 2.14. The zero-order valence-corrected chi connectivity index (χ0v) is 16.0. The number of hydrogen-bond acceptors (Lipinski definition) is 2. The number of hydrogen-bond donors (Lipinski definition) is 1. The lowest BCUT2D eigenvalue weighted by molar-refractivity contribution is 0.322. The molecule has 24 heavy (non-hydrogen) atoms. The third-order valence-electron chi connectivity index (χ3n) is 4.38. The van der Waals surface area contributed by atoms with Crippen molar-refractivity contribution in [3.05, 3.63) is 35.6 Å². The maximum absolute atomic E-state index is 13.1. The Morgan fingerprint density at radius 2 is 1.33 bits per heavy atom. The summed E-state index contributed by atoms with van der Waals surface area (Å²) in [5, 5.41) is 8.69. The number of aliphatic hydroxyl groups is 1. The van der Waals surface area contributed by atoms with Gasteiger partial charge in [0, 0.05) is 5.75 Å². The molecule has 1 nitrogen and oxygen atoms in total. The number of rotatable bonds is 16. The van der Waals surface area contributed by atoms with E-state index in [1.807, 2.05) is 17.8 Å². The molecule has 138 valence electrons. The maximum atomic E-state index is 13.1. The minimum atomic E-state index is -0.114. The first-order valence-corrected chi connectivity index (χ1v) is 10.9. The number of thioether (sulfide) groups is 1. The maximum Gasteiger partial charge on any atom is 0.123 e. The molecule has 0 aromatic heterocycles. The van der Waals surface area contributed by atoms with Crippen molar-refractivity contribution in [1.29, 1.82) is 0 Å². The summed E-state index contributed by atoms with van der Waals surface area (Å²) in [4.78, 5) is 0. The van der Waals surface area contributed by atoms with Gasteiger partial charge in [-0.15, -0.1) is 0 Å². The van der Waals surface area contributed by atoms with Gasteiger partial charge in [-0.2, -0.15) is 11.8 Å². The van der Waals surface area contributed by atoms with E-state index in [2.05, 4.69) is 0 Å². The van der Waals surface area contributed by atoms with E-state index in [9.17, 15) is 4.39 Å². The highest BCUT2D eigenvalue weighted by atomic mass is 32.2. The van der Waals surface area contributed by atoms with Gasteiger partial charge in [0.2, 0.25) is 0 Å². The summed E-state index contributed by atoms with van der Waals surface area (Å²) in [6, 6.07) is 7.00. The molecule has 0 amide bonds. The predicted octanol–water partition coefficient (Wildman–Crippen LogP) is 6.38. The fourth-order valence-corrected chi connectivity index (χ4v) is 3.72. The molecule has 0 heterocycles. The van der Waals surface area contributed by atoms with Crippen LogP contribution in [0.5, 0.6) is 0 Å². The quantitative estimate of drug-likeness (QED) is 0.347. The Balaban J connectivity index is 1.76. The molecular weight excluding hydrogens is 319 g/mol. The molecule has 1 aromatic rings. The van der Waals surface area contributed by atoms with Crippen LogP contribution in [0.1, 0.15) is 76.2 Å². The van der Waals surface area contributed by atoms with Gasteiger partial charge in [-0.3, -0.25) is 0 Å². The summed E-state index contributed by atoms with van der Waals surface area (Å²) >= 11 is 1.87. The highest BCUT2D eigenvalue weighted by molar-refractivity contribution is 7.99. The third kappa shape index (κ3) is 12.8. The Kier molecular flexibility index (Phi) is 14.3. The fraction of sp³-hybridized carbons (Fsp3) is 0.714. The Bertz CT molecular complexity index is 397. The molecule has 0 radical (unpaired) electrons. The topological polar surface area (TPSA) is 20.2 Å². The highest BCUT2D eigenvalue weighted by Gasteiger charge is 1.97. The molecule has 0 spiro atoms. The SMILES string of the molecule is OCCSCCCCCCCCCCCCCc1cccc(F)c1. The van der Waals surface area contributed by atoms with Crippen LogP contribution >= 0.6 is 11.8 Å². The Morgan fingerprint density at radius 3 is 1.92 bits per heavy atom. The molecule has 0 aliphatic carbocycles. The zero-order chi connectivity index (χ0) is 17.3. The normalized spacial score (nSPS) is 11.1. The van der Waals surface area contributed by atoms with E-state index in [0.717, 1.165) is 17.7 Å². The summed E-state index contributed by atoms with van der Waals surface area (Å²) in [7, 11) is 0. The first kappa shape index (κ1) is 21.5. The molecule has 1 aromatic carbocycles. The van der Waals surface area contributed by atoms with Gasteiger partial charge in [-0.05, 0) is 42.7 Å². The van der Waals surface area contributed by atoms with Crippen LogP contribution in [0.4, 0.5) is 4.39 Å². The van der Waals surface area contributed by atoms with E-state index in [1.54, 1.807) is 12.1 Å². The number of halogens is 1. The van der Waals surface area contributed by atoms with Crippen LogP contribution in [0.3, 0.4) is 0 Å². The largest absolute Gasteiger partial charge is 0.396 e. The Labute approximate surface area is 152 Å². The standard InChI is InChI=1S/C21H35FOS/c22-21-15-12-14-20(19-21)13-10-8-6-4-2-1-3-5-7-9-11-17-24-18-16-23/h12,14-15,19,23H,1-11,13,16-18H2. The van der Waals surface area contributed by atoms with E-state index in [1.165, 1.54) is 82.4 Å². The van der Waals surface area contributed by atoms with Crippen molar-refractivity contribution in [3.8, 4) is 0 Å². The van der Waals surface area contributed by atoms with Crippen LogP contribution in [0.15, 0.2) is 24.3 Å². The van der Waals surface area contributed by atoms with Gasteiger partial charge in [0.1, 0.15) is 5.82 Å². The molecule has 0 aliphatic heterocycles. The summed E-state index contributed by atoms with van der Waals surface area (Å²) in [5.74, 6) is 1.98. The molecule has 0 atom stereocenters. The first-order chi connectivity index (χ1) is 11.8. The molecular formula is C21H35FOS. The molecule has 1 rings (SSSR count). The summed E-state index contributed by atoms with van der Waals surface area (Å²) in [6.07, 6.45) is 15.6. The van der Waals surface area contributed by atoms with Gasteiger partial charge in [0.25, 0.3) is 0 Å². The Hall–Kier alpha value is -0.540. The monoisotopic (exact) mass is 354 g/mol. The average molecular weight is 355 g/mol. The average Bonchev–Trinajstić information content (AvgIpc) is 2.58. The molecule has 1 N–H and O–H groups in total. The minimum Gasteiger partial charge on any atom is -0.396 e. The van der Waals surface area contributed by atoms with E-state index in [-0.39, 0.29) is 5.82 Å². The molecule has 0 fully saturated rings. The van der Waals surface area contributed by atoms with Crippen molar-refractivity contribution in [2.75, 3.05) is 18.1 Å². The van der Waals surface area contributed by atoms with Gasteiger partial charge in [0.15, 0.2) is 0 Å². The van der Waals surface area contributed by atoms with Crippen molar-refractivity contribution < 1.29 is 9.50 Å². The molecule has 0 bridgehead atoms.